The number of hydrogen-bond acceptors (Lipinski definition) is 4. The van der Waals surface area contributed by atoms with E-state index in [4.69, 9.17) is 22.1 Å². The topological polar surface area (TPSA) is 67.6 Å². The van der Waals surface area contributed by atoms with E-state index >= 15 is 0 Å². The molecule has 8 heteroatoms. The number of ether oxygens (including phenoxy) is 1. The lowest BCUT2D eigenvalue weighted by Gasteiger charge is -2.35. The van der Waals surface area contributed by atoms with Gasteiger partial charge in [0, 0.05) is 37.1 Å². The van der Waals surface area contributed by atoms with Gasteiger partial charge in [0.05, 0.1) is 19.3 Å². The first-order chi connectivity index (χ1) is 12.1. The third-order valence-electron chi connectivity index (χ3n) is 5.38. The lowest BCUT2D eigenvalue weighted by molar-refractivity contribution is -0.122. The van der Waals surface area contributed by atoms with Gasteiger partial charge in [0.25, 0.3) is 0 Å². The maximum Gasteiger partial charge on any atom is 0.220 e. The number of halogens is 3. The van der Waals surface area contributed by atoms with Gasteiger partial charge in [-0.3, -0.25) is 9.69 Å². The smallest absolute Gasteiger partial charge is 0.220 e. The predicted octanol–water partition coefficient (Wildman–Crippen LogP) is 3.19. The normalized spacial score (nSPS) is 23.8. The number of nitrogens with one attached hydrogen (secondary N) is 1. The summed E-state index contributed by atoms with van der Waals surface area (Å²) in [4.78, 5) is 14.8. The molecule has 3 atom stereocenters. The van der Waals surface area contributed by atoms with Crippen molar-refractivity contribution < 1.29 is 9.53 Å². The van der Waals surface area contributed by atoms with Crippen molar-refractivity contribution in [1.82, 2.24) is 10.2 Å². The Morgan fingerprint density at radius 2 is 2.04 bits per heavy atom. The second kappa shape index (κ2) is 12.1. The second-order valence-corrected chi connectivity index (χ2v) is 7.52. The van der Waals surface area contributed by atoms with Crippen LogP contribution < -0.4 is 11.1 Å². The summed E-state index contributed by atoms with van der Waals surface area (Å²) >= 11 is 6.18. The molecular formula is C19H30Cl3N3O2. The molecule has 5 nitrogen and oxygen atoms in total. The molecule has 154 valence electrons. The van der Waals surface area contributed by atoms with E-state index in [1.807, 2.05) is 18.2 Å². The Bertz CT molecular complexity index is 585. The molecule has 0 radical (unpaired) electrons. The van der Waals surface area contributed by atoms with Crippen molar-refractivity contribution in [2.24, 2.45) is 11.7 Å². The van der Waals surface area contributed by atoms with Crippen molar-refractivity contribution in [2.75, 3.05) is 32.8 Å². The standard InChI is InChI=1S/C19H28ClN3O2.2ClH/c20-16-5-1-4-15(11-16)18(23-7-9-25-10-8-23)13-22-19(24)12-14-3-2-6-17(14)21;;/h1,4-5,11,14,17-18H,2-3,6-10,12-13,21H2,(H,22,24);2*1H/t14-,17+,18?;;/m0../s1. The largest absolute Gasteiger partial charge is 0.379 e. The summed E-state index contributed by atoms with van der Waals surface area (Å²) in [5, 5.41) is 3.85. The molecule has 1 saturated carbocycles. The fourth-order valence-electron chi connectivity index (χ4n) is 3.90. The molecule has 2 fully saturated rings. The van der Waals surface area contributed by atoms with Gasteiger partial charge < -0.3 is 15.8 Å². The highest BCUT2D eigenvalue weighted by Crippen LogP contribution is 2.27. The first-order valence-corrected chi connectivity index (χ1v) is 9.61. The van der Waals surface area contributed by atoms with E-state index < -0.39 is 0 Å². The van der Waals surface area contributed by atoms with Crippen LogP contribution in [0.15, 0.2) is 24.3 Å². The molecule has 1 unspecified atom stereocenters. The minimum Gasteiger partial charge on any atom is -0.379 e. The minimum atomic E-state index is 0. The van der Waals surface area contributed by atoms with Crippen LogP contribution in [0.3, 0.4) is 0 Å². The van der Waals surface area contributed by atoms with Crippen molar-refractivity contribution in [2.45, 2.75) is 37.8 Å². The molecule has 1 aromatic carbocycles. The number of benzene rings is 1. The fraction of sp³-hybridized carbons (Fsp3) is 0.632. The molecule has 1 aromatic rings. The third kappa shape index (κ3) is 7.08. The fourth-order valence-corrected chi connectivity index (χ4v) is 4.10. The maximum absolute atomic E-state index is 12.4. The van der Waals surface area contributed by atoms with Gasteiger partial charge in [-0.1, -0.05) is 30.2 Å². The Hall–Kier alpha value is -0.560. The molecule has 1 aliphatic carbocycles. The van der Waals surface area contributed by atoms with Crippen LogP contribution >= 0.6 is 36.4 Å². The van der Waals surface area contributed by atoms with E-state index in [1.54, 1.807) is 0 Å². The summed E-state index contributed by atoms with van der Waals surface area (Å²) in [7, 11) is 0. The molecule has 0 bridgehead atoms. The van der Waals surface area contributed by atoms with Crippen LogP contribution in [0.5, 0.6) is 0 Å². The number of carbonyl (C=O) groups excluding carboxylic acids is 1. The van der Waals surface area contributed by atoms with Crippen molar-refractivity contribution in [3.63, 3.8) is 0 Å². The van der Waals surface area contributed by atoms with Crippen LogP contribution in [0.1, 0.15) is 37.3 Å². The summed E-state index contributed by atoms with van der Waals surface area (Å²) in [5.41, 5.74) is 7.22. The molecule has 2 aliphatic rings. The van der Waals surface area contributed by atoms with Crippen LogP contribution in [0.2, 0.25) is 5.02 Å². The Morgan fingerprint density at radius 1 is 1.30 bits per heavy atom. The van der Waals surface area contributed by atoms with Gasteiger partial charge >= 0.3 is 0 Å². The minimum absolute atomic E-state index is 0. The number of morpholine rings is 1. The second-order valence-electron chi connectivity index (χ2n) is 7.08. The zero-order chi connectivity index (χ0) is 17.6. The summed E-state index contributed by atoms with van der Waals surface area (Å²) in [5.74, 6) is 0.427. The van der Waals surface area contributed by atoms with Gasteiger partial charge in [-0.2, -0.15) is 0 Å². The zero-order valence-corrected chi connectivity index (χ0v) is 17.8. The van der Waals surface area contributed by atoms with Crippen LogP contribution in [0, 0.1) is 5.92 Å². The van der Waals surface area contributed by atoms with E-state index in [9.17, 15) is 4.79 Å². The Kier molecular flexibility index (Phi) is 11.0. The number of rotatable bonds is 6. The van der Waals surface area contributed by atoms with Gasteiger partial charge in [0.1, 0.15) is 0 Å². The molecule has 1 saturated heterocycles. The van der Waals surface area contributed by atoms with E-state index in [2.05, 4.69) is 16.3 Å². The summed E-state index contributed by atoms with van der Waals surface area (Å²) < 4.78 is 5.47. The average Bonchev–Trinajstić information content (AvgIpc) is 3.01. The van der Waals surface area contributed by atoms with Gasteiger partial charge in [-0.15, -0.1) is 24.8 Å². The van der Waals surface area contributed by atoms with E-state index in [0.717, 1.165) is 56.2 Å². The van der Waals surface area contributed by atoms with Crippen molar-refractivity contribution in [3.05, 3.63) is 34.9 Å². The number of nitrogens with two attached hydrogens (primary N) is 1. The molecule has 27 heavy (non-hydrogen) atoms. The van der Waals surface area contributed by atoms with Crippen LogP contribution in [-0.2, 0) is 9.53 Å². The number of carbonyl (C=O) groups is 1. The van der Waals surface area contributed by atoms with Crippen molar-refractivity contribution >= 4 is 42.3 Å². The first-order valence-electron chi connectivity index (χ1n) is 9.23. The summed E-state index contributed by atoms with van der Waals surface area (Å²) in [6.45, 7) is 3.76. The molecule has 1 amide bonds. The number of nitrogens with zero attached hydrogens (tertiary/aromatic N) is 1. The van der Waals surface area contributed by atoms with Gasteiger partial charge in [0.15, 0.2) is 0 Å². The highest BCUT2D eigenvalue weighted by molar-refractivity contribution is 6.30. The van der Waals surface area contributed by atoms with Crippen molar-refractivity contribution in [1.29, 1.82) is 0 Å². The van der Waals surface area contributed by atoms with Crippen LogP contribution in [0.25, 0.3) is 0 Å². The Balaban J connectivity index is 0.00000182. The third-order valence-corrected chi connectivity index (χ3v) is 5.61. The van der Waals surface area contributed by atoms with E-state index in [1.165, 1.54) is 0 Å². The maximum atomic E-state index is 12.4. The van der Waals surface area contributed by atoms with Crippen molar-refractivity contribution in [3.8, 4) is 0 Å². The van der Waals surface area contributed by atoms with Gasteiger partial charge in [-0.05, 0) is 36.5 Å². The lowest BCUT2D eigenvalue weighted by atomic mass is 9.99. The molecule has 3 rings (SSSR count). The highest BCUT2D eigenvalue weighted by Gasteiger charge is 2.27. The average molecular weight is 439 g/mol. The zero-order valence-electron chi connectivity index (χ0n) is 15.4. The van der Waals surface area contributed by atoms with Gasteiger partial charge in [-0.25, -0.2) is 0 Å². The monoisotopic (exact) mass is 437 g/mol. The molecule has 0 aromatic heterocycles. The molecular weight excluding hydrogens is 409 g/mol. The first kappa shape index (κ1) is 24.5. The number of hydrogen-bond donors (Lipinski definition) is 2. The summed E-state index contributed by atoms with van der Waals surface area (Å²) in [6, 6.07) is 8.19. The van der Waals surface area contributed by atoms with Gasteiger partial charge in [0.2, 0.25) is 5.91 Å². The van der Waals surface area contributed by atoms with E-state index in [-0.39, 0.29) is 42.8 Å². The SMILES string of the molecule is Cl.Cl.N[C@@H]1CCC[C@H]1CC(=O)NCC(c1cccc(Cl)c1)N1CCOCC1. The lowest BCUT2D eigenvalue weighted by Crippen LogP contribution is -2.44. The molecule has 1 aliphatic heterocycles. The molecule has 0 spiro atoms. The predicted molar refractivity (Wildman–Crippen MR) is 114 cm³/mol. The summed E-state index contributed by atoms with van der Waals surface area (Å²) in [6.07, 6.45) is 3.78. The molecule has 3 N–H and O–H groups in total. The highest BCUT2D eigenvalue weighted by atomic mass is 35.5. The quantitative estimate of drug-likeness (QED) is 0.716. The van der Waals surface area contributed by atoms with E-state index in [0.29, 0.717) is 18.9 Å². The van der Waals surface area contributed by atoms with Crippen LogP contribution in [-0.4, -0.2) is 49.7 Å². The Labute approximate surface area is 179 Å². The number of amides is 1. The molecule has 1 heterocycles. The van der Waals surface area contributed by atoms with Crippen LogP contribution in [0.4, 0.5) is 0 Å². The Morgan fingerprint density at radius 3 is 2.67 bits per heavy atom.